The van der Waals surface area contributed by atoms with Crippen LogP contribution in [0.2, 0.25) is 0 Å². The van der Waals surface area contributed by atoms with E-state index in [-0.39, 0.29) is 24.1 Å². The molecule has 0 bridgehead atoms. The average molecular weight is 503 g/mol. The van der Waals surface area contributed by atoms with Gasteiger partial charge in [-0.25, -0.2) is 9.67 Å². The molecule has 0 aliphatic heterocycles. The number of hydrogen-bond donors (Lipinski definition) is 2. The van der Waals surface area contributed by atoms with Crippen molar-refractivity contribution < 1.29 is 14.3 Å². The highest BCUT2D eigenvalue weighted by atomic mass is 32.2. The van der Waals surface area contributed by atoms with Crippen molar-refractivity contribution in [2.24, 2.45) is 0 Å². The molecule has 184 valence electrons. The van der Waals surface area contributed by atoms with Crippen molar-refractivity contribution in [2.45, 2.75) is 25.5 Å². The molecule has 2 amide bonds. The first-order valence-electron chi connectivity index (χ1n) is 11.2. The van der Waals surface area contributed by atoms with Crippen LogP contribution >= 0.6 is 11.8 Å². The number of nitrogens with one attached hydrogen (secondary N) is 2. The van der Waals surface area contributed by atoms with Crippen molar-refractivity contribution in [3.05, 3.63) is 78.1 Å². The van der Waals surface area contributed by atoms with Crippen LogP contribution in [0.1, 0.15) is 11.1 Å². The molecule has 2 aromatic carbocycles. The van der Waals surface area contributed by atoms with Gasteiger partial charge in [0.05, 0.1) is 12.9 Å². The third-order valence-electron chi connectivity index (χ3n) is 5.23. The molecule has 2 heterocycles. The highest BCUT2D eigenvalue weighted by Crippen LogP contribution is 2.23. The Kier molecular flexibility index (Phi) is 7.96. The van der Waals surface area contributed by atoms with Crippen molar-refractivity contribution >= 4 is 35.0 Å². The molecule has 0 radical (unpaired) electrons. The summed E-state index contributed by atoms with van der Waals surface area (Å²) in [5.74, 6) is 0.815. The van der Waals surface area contributed by atoms with E-state index in [1.54, 1.807) is 55.9 Å². The number of pyridine rings is 1. The number of amides is 2. The number of carbonyl (C=O) groups excluding carboxylic acids is 2. The molecule has 0 atom stereocenters. The molecule has 2 aromatic heterocycles. The molecule has 0 fully saturated rings. The molecule has 0 saturated carbocycles. The van der Waals surface area contributed by atoms with Gasteiger partial charge >= 0.3 is 0 Å². The maximum absolute atomic E-state index is 12.8. The summed E-state index contributed by atoms with van der Waals surface area (Å²) in [7, 11) is 1.59. The quantitative estimate of drug-likeness (QED) is 0.328. The van der Waals surface area contributed by atoms with Crippen LogP contribution in [0, 0.1) is 13.8 Å². The largest absolute Gasteiger partial charge is 0.497 e. The second-order valence-electron chi connectivity index (χ2n) is 8.04. The zero-order chi connectivity index (χ0) is 25.5. The predicted molar refractivity (Wildman–Crippen MR) is 140 cm³/mol. The normalized spacial score (nSPS) is 10.6. The van der Waals surface area contributed by atoms with Crippen LogP contribution in [0.3, 0.4) is 0 Å². The van der Waals surface area contributed by atoms with Gasteiger partial charge in [0.2, 0.25) is 11.8 Å². The van der Waals surface area contributed by atoms with E-state index >= 15 is 0 Å². The molecule has 0 unspecified atom stereocenters. The third-order valence-corrected chi connectivity index (χ3v) is 6.20. The monoisotopic (exact) mass is 502 g/mol. The number of thioether (sulfide) groups is 1. The van der Waals surface area contributed by atoms with Gasteiger partial charge in [-0.2, -0.15) is 0 Å². The van der Waals surface area contributed by atoms with Gasteiger partial charge < -0.3 is 15.4 Å². The molecule has 10 heteroatoms. The van der Waals surface area contributed by atoms with E-state index < -0.39 is 0 Å². The maximum atomic E-state index is 12.8. The maximum Gasteiger partial charge on any atom is 0.246 e. The van der Waals surface area contributed by atoms with Crippen LogP contribution in [-0.4, -0.2) is 44.4 Å². The summed E-state index contributed by atoms with van der Waals surface area (Å²) in [5.41, 5.74) is 4.27. The van der Waals surface area contributed by atoms with Gasteiger partial charge in [0.15, 0.2) is 11.0 Å². The summed E-state index contributed by atoms with van der Waals surface area (Å²) in [5, 5.41) is 10.8. The number of ether oxygens (including phenoxy) is 1. The van der Waals surface area contributed by atoms with Crippen molar-refractivity contribution in [1.82, 2.24) is 19.7 Å². The summed E-state index contributed by atoms with van der Waals surface area (Å²) in [6.07, 6.45) is 3.30. The summed E-state index contributed by atoms with van der Waals surface area (Å²) in [6, 6.07) is 16.5. The van der Waals surface area contributed by atoms with Gasteiger partial charge in [0, 0.05) is 29.3 Å². The Morgan fingerprint density at radius 3 is 2.42 bits per heavy atom. The topological polar surface area (TPSA) is 111 Å². The smallest absolute Gasteiger partial charge is 0.246 e. The molecule has 0 saturated heterocycles. The minimum Gasteiger partial charge on any atom is -0.497 e. The van der Waals surface area contributed by atoms with Crippen LogP contribution in [0.25, 0.3) is 11.4 Å². The fourth-order valence-electron chi connectivity index (χ4n) is 3.44. The zero-order valence-electron chi connectivity index (χ0n) is 20.2. The number of rotatable bonds is 9. The third kappa shape index (κ3) is 6.48. The number of methoxy groups -OCH3 is 1. The van der Waals surface area contributed by atoms with E-state index in [0.717, 1.165) is 22.4 Å². The minimum atomic E-state index is -0.238. The summed E-state index contributed by atoms with van der Waals surface area (Å²) in [4.78, 5) is 34.0. The summed E-state index contributed by atoms with van der Waals surface area (Å²) >= 11 is 1.21. The van der Waals surface area contributed by atoms with E-state index in [1.807, 2.05) is 32.0 Å². The second-order valence-corrected chi connectivity index (χ2v) is 8.99. The van der Waals surface area contributed by atoms with Gasteiger partial charge in [-0.15, -0.1) is 5.10 Å². The Hall–Kier alpha value is -4.18. The Bertz CT molecular complexity index is 1360. The van der Waals surface area contributed by atoms with Gasteiger partial charge in [-0.05, 0) is 61.9 Å². The number of carbonyl (C=O) groups is 2. The molecule has 36 heavy (non-hydrogen) atoms. The first kappa shape index (κ1) is 24.9. The molecule has 2 N–H and O–H groups in total. The Labute approximate surface area is 213 Å². The zero-order valence-corrected chi connectivity index (χ0v) is 21.0. The van der Waals surface area contributed by atoms with E-state index in [9.17, 15) is 9.59 Å². The van der Waals surface area contributed by atoms with Crippen LogP contribution in [-0.2, 0) is 16.1 Å². The number of anilines is 2. The Morgan fingerprint density at radius 1 is 0.972 bits per heavy atom. The summed E-state index contributed by atoms with van der Waals surface area (Å²) < 4.78 is 6.65. The van der Waals surface area contributed by atoms with Crippen molar-refractivity contribution in [3.63, 3.8) is 0 Å². The van der Waals surface area contributed by atoms with E-state index in [2.05, 4.69) is 25.7 Å². The number of aromatic nitrogens is 4. The molecule has 4 rings (SSSR count). The molecule has 4 aromatic rings. The van der Waals surface area contributed by atoms with Gasteiger partial charge in [-0.1, -0.05) is 29.5 Å². The predicted octanol–water partition coefficient (Wildman–Crippen LogP) is 4.34. The van der Waals surface area contributed by atoms with Crippen molar-refractivity contribution in [2.75, 3.05) is 23.5 Å². The van der Waals surface area contributed by atoms with Crippen molar-refractivity contribution in [1.29, 1.82) is 0 Å². The molecule has 0 aliphatic rings. The Morgan fingerprint density at radius 2 is 1.72 bits per heavy atom. The second kappa shape index (κ2) is 11.5. The Balaban J connectivity index is 1.47. The van der Waals surface area contributed by atoms with Crippen molar-refractivity contribution in [3.8, 4) is 17.1 Å². The number of hydrogen-bond acceptors (Lipinski definition) is 7. The number of nitrogens with zero attached hydrogens (tertiary/aromatic N) is 4. The molecule has 0 aliphatic carbocycles. The number of benzene rings is 2. The van der Waals surface area contributed by atoms with Crippen LogP contribution in [0.4, 0.5) is 11.4 Å². The highest BCUT2D eigenvalue weighted by molar-refractivity contribution is 7.99. The standard InChI is InChI=1S/C26H26N6O3S/c1-17-4-9-22(18(2)14-17)29-23(33)15-32-26(30-25(31-32)19-10-12-27-13-11-19)36-16-24(34)28-20-5-7-21(35-3)8-6-20/h4-14H,15-16H2,1-3H3,(H,28,34)(H,29,33). The number of aryl methyl sites for hydroxylation is 2. The molecular formula is C26H26N6O3S. The average Bonchev–Trinajstić information content (AvgIpc) is 3.28. The lowest BCUT2D eigenvalue weighted by Gasteiger charge is -2.10. The fraction of sp³-hybridized carbons (Fsp3) is 0.192. The van der Waals surface area contributed by atoms with Crippen LogP contribution < -0.4 is 15.4 Å². The van der Waals surface area contributed by atoms with E-state index in [0.29, 0.717) is 22.4 Å². The van der Waals surface area contributed by atoms with Crippen LogP contribution in [0.15, 0.2) is 72.1 Å². The van der Waals surface area contributed by atoms with E-state index in [1.165, 1.54) is 16.4 Å². The summed E-state index contributed by atoms with van der Waals surface area (Å²) in [6.45, 7) is 3.90. The highest BCUT2D eigenvalue weighted by Gasteiger charge is 2.17. The minimum absolute atomic E-state index is 0.0478. The molecular weight excluding hydrogens is 476 g/mol. The van der Waals surface area contributed by atoms with Gasteiger partial charge in [-0.3, -0.25) is 14.6 Å². The van der Waals surface area contributed by atoms with Gasteiger partial charge in [0.1, 0.15) is 12.3 Å². The molecule has 0 spiro atoms. The van der Waals surface area contributed by atoms with E-state index in [4.69, 9.17) is 4.74 Å². The lowest BCUT2D eigenvalue weighted by atomic mass is 10.1. The SMILES string of the molecule is COc1ccc(NC(=O)CSc2nc(-c3ccncc3)nn2CC(=O)Nc2ccc(C)cc2C)cc1. The lowest BCUT2D eigenvalue weighted by molar-refractivity contribution is -0.117. The first-order chi connectivity index (χ1) is 17.4. The molecule has 9 nitrogen and oxygen atoms in total. The van der Waals surface area contributed by atoms with Crippen LogP contribution in [0.5, 0.6) is 5.75 Å². The van der Waals surface area contributed by atoms with Gasteiger partial charge in [0.25, 0.3) is 0 Å². The lowest BCUT2D eigenvalue weighted by Crippen LogP contribution is -2.21. The first-order valence-corrected chi connectivity index (χ1v) is 12.2. The fourth-order valence-corrected chi connectivity index (χ4v) is 4.18.